The maximum Gasteiger partial charge on any atom is 0.0915 e. The van der Waals surface area contributed by atoms with E-state index in [-0.39, 0.29) is 0 Å². The van der Waals surface area contributed by atoms with Crippen LogP contribution in [0.15, 0.2) is 29.3 Å². The zero-order valence-corrected chi connectivity index (χ0v) is 10.1. The van der Waals surface area contributed by atoms with Crippen molar-refractivity contribution in [3.8, 4) is 0 Å². The van der Waals surface area contributed by atoms with Gasteiger partial charge in [-0.3, -0.25) is 0 Å². The predicted molar refractivity (Wildman–Crippen MR) is 70.6 cm³/mol. The Balaban J connectivity index is 1.64. The molecule has 17 heavy (non-hydrogen) atoms. The van der Waals surface area contributed by atoms with Crippen molar-refractivity contribution in [3.63, 3.8) is 0 Å². The summed E-state index contributed by atoms with van der Waals surface area (Å²) < 4.78 is 0. The van der Waals surface area contributed by atoms with Gasteiger partial charge in [-0.1, -0.05) is 18.2 Å². The van der Waals surface area contributed by atoms with E-state index in [2.05, 4.69) is 39.5 Å². The average Bonchev–Trinajstić information content (AvgIpc) is 2.40. The predicted octanol–water partition coefficient (Wildman–Crippen LogP) is 2.16. The van der Waals surface area contributed by atoms with Crippen LogP contribution < -0.4 is 5.32 Å². The maximum atomic E-state index is 4.52. The van der Waals surface area contributed by atoms with E-state index < -0.39 is 0 Å². The fourth-order valence-electron chi connectivity index (χ4n) is 2.70. The second-order valence-electron chi connectivity index (χ2n) is 5.02. The molecule has 0 bridgehead atoms. The van der Waals surface area contributed by atoms with Crippen LogP contribution in [0.25, 0.3) is 0 Å². The molecule has 3 nitrogen and oxygen atoms in total. The first-order chi connectivity index (χ1) is 8.42. The molecule has 1 aromatic carbocycles. The minimum atomic E-state index is 0.778. The van der Waals surface area contributed by atoms with Gasteiger partial charge in [0.25, 0.3) is 0 Å². The molecule has 0 aliphatic carbocycles. The molecule has 3 heteroatoms. The highest BCUT2D eigenvalue weighted by Gasteiger charge is 2.18. The topological polar surface area (TPSA) is 27.6 Å². The molecule has 1 atom stereocenters. The van der Waals surface area contributed by atoms with E-state index in [9.17, 15) is 0 Å². The Bertz CT molecular complexity index is 408. The van der Waals surface area contributed by atoms with Crippen molar-refractivity contribution in [2.45, 2.75) is 19.4 Å². The number of hydrogen-bond donors (Lipinski definition) is 1. The summed E-state index contributed by atoms with van der Waals surface area (Å²) in [7, 11) is 0. The van der Waals surface area contributed by atoms with Gasteiger partial charge in [0.15, 0.2) is 0 Å². The molecule has 0 aromatic heterocycles. The minimum Gasteiger partial charge on any atom is -0.358 e. The second kappa shape index (κ2) is 4.88. The van der Waals surface area contributed by atoms with E-state index in [1.807, 2.05) is 6.34 Å². The van der Waals surface area contributed by atoms with Crippen molar-refractivity contribution in [2.75, 3.05) is 19.6 Å². The third-order valence-electron chi connectivity index (χ3n) is 3.62. The van der Waals surface area contributed by atoms with Gasteiger partial charge >= 0.3 is 0 Å². The number of para-hydroxylation sites is 1. The smallest absolute Gasteiger partial charge is 0.0915 e. The molecule has 2 heterocycles. The molecule has 1 unspecified atom stereocenters. The third kappa shape index (κ3) is 2.50. The Morgan fingerprint density at radius 2 is 2.29 bits per heavy atom. The molecule has 90 valence electrons. The Kier molecular flexibility index (Phi) is 3.10. The van der Waals surface area contributed by atoms with E-state index in [0.29, 0.717) is 0 Å². The zero-order valence-electron chi connectivity index (χ0n) is 10.1. The van der Waals surface area contributed by atoms with Crippen molar-refractivity contribution in [3.05, 3.63) is 29.8 Å². The van der Waals surface area contributed by atoms with Crippen LogP contribution in [0.5, 0.6) is 0 Å². The second-order valence-corrected chi connectivity index (χ2v) is 5.02. The summed E-state index contributed by atoms with van der Waals surface area (Å²) in [5.74, 6) is 0.778. The fraction of sp³-hybridized carbons (Fsp3) is 0.500. The molecule has 1 saturated heterocycles. The van der Waals surface area contributed by atoms with Crippen LogP contribution in [-0.2, 0) is 6.54 Å². The molecular formula is C14H19N3. The molecule has 0 amide bonds. The van der Waals surface area contributed by atoms with Gasteiger partial charge in [-0.2, -0.15) is 0 Å². The lowest BCUT2D eigenvalue weighted by atomic mass is 9.99. The largest absolute Gasteiger partial charge is 0.358 e. The molecule has 1 fully saturated rings. The van der Waals surface area contributed by atoms with Gasteiger partial charge in [-0.15, -0.1) is 0 Å². The fourth-order valence-corrected chi connectivity index (χ4v) is 2.70. The van der Waals surface area contributed by atoms with Crippen LogP contribution in [0.1, 0.15) is 18.4 Å². The van der Waals surface area contributed by atoms with Crippen molar-refractivity contribution in [2.24, 2.45) is 10.9 Å². The number of rotatable bonds is 2. The summed E-state index contributed by atoms with van der Waals surface area (Å²) in [5.41, 5.74) is 2.48. The number of fused-ring (bicyclic) bond motifs is 1. The lowest BCUT2D eigenvalue weighted by Crippen LogP contribution is -2.38. The molecular weight excluding hydrogens is 210 g/mol. The molecule has 0 spiro atoms. The summed E-state index contributed by atoms with van der Waals surface area (Å²) in [6, 6.07) is 8.42. The van der Waals surface area contributed by atoms with E-state index >= 15 is 0 Å². The van der Waals surface area contributed by atoms with E-state index in [1.54, 1.807) is 0 Å². The summed E-state index contributed by atoms with van der Waals surface area (Å²) in [6.07, 6.45) is 4.67. The minimum absolute atomic E-state index is 0.778. The highest BCUT2D eigenvalue weighted by Crippen LogP contribution is 2.24. The first-order valence-electron chi connectivity index (χ1n) is 6.49. The zero-order chi connectivity index (χ0) is 11.5. The van der Waals surface area contributed by atoms with E-state index in [1.165, 1.54) is 24.9 Å². The first kappa shape index (κ1) is 10.8. The number of nitrogens with zero attached hydrogens (tertiary/aromatic N) is 2. The van der Waals surface area contributed by atoms with Gasteiger partial charge < -0.3 is 10.2 Å². The molecule has 2 aliphatic rings. The molecule has 1 aromatic rings. The summed E-state index contributed by atoms with van der Waals surface area (Å²) >= 11 is 0. The van der Waals surface area contributed by atoms with Gasteiger partial charge in [0, 0.05) is 13.1 Å². The van der Waals surface area contributed by atoms with Crippen LogP contribution in [0.2, 0.25) is 0 Å². The summed E-state index contributed by atoms with van der Waals surface area (Å²) in [6.45, 7) is 4.49. The monoisotopic (exact) mass is 229 g/mol. The van der Waals surface area contributed by atoms with E-state index in [0.717, 1.165) is 31.2 Å². The van der Waals surface area contributed by atoms with Crippen LogP contribution in [0.4, 0.5) is 5.69 Å². The normalized spacial score (nSPS) is 23.5. The van der Waals surface area contributed by atoms with Crippen LogP contribution in [-0.4, -0.2) is 30.9 Å². The molecule has 0 radical (unpaired) electrons. The van der Waals surface area contributed by atoms with Crippen molar-refractivity contribution in [1.82, 2.24) is 10.2 Å². The van der Waals surface area contributed by atoms with Crippen molar-refractivity contribution < 1.29 is 0 Å². The van der Waals surface area contributed by atoms with Gasteiger partial charge in [-0.25, -0.2) is 4.99 Å². The highest BCUT2D eigenvalue weighted by atomic mass is 15.2. The number of hydrogen-bond acceptors (Lipinski definition) is 3. The van der Waals surface area contributed by atoms with Crippen LogP contribution in [0, 0.1) is 5.92 Å². The van der Waals surface area contributed by atoms with Gasteiger partial charge in [0.1, 0.15) is 0 Å². The Morgan fingerprint density at radius 3 is 3.18 bits per heavy atom. The first-order valence-corrected chi connectivity index (χ1v) is 6.49. The Labute approximate surface area is 103 Å². The molecule has 2 aliphatic heterocycles. The number of nitrogens with one attached hydrogen (secondary N) is 1. The maximum absolute atomic E-state index is 4.52. The van der Waals surface area contributed by atoms with Crippen LogP contribution >= 0.6 is 0 Å². The number of benzene rings is 1. The standard InChI is InChI=1S/C14H19N3/c1-2-6-14-13(5-1)10-17(11-16-14)9-12-4-3-7-15-8-12/h1-2,5-6,11-12,15H,3-4,7-10H2. The number of piperidine rings is 1. The van der Waals surface area contributed by atoms with Gasteiger partial charge in [0.05, 0.1) is 12.0 Å². The SMILES string of the molecule is C1=Nc2ccccc2CN1CC1CCCNC1. The highest BCUT2D eigenvalue weighted by molar-refractivity contribution is 5.66. The quantitative estimate of drug-likeness (QED) is 0.841. The summed E-state index contributed by atoms with van der Waals surface area (Å²) in [5, 5.41) is 3.47. The van der Waals surface area contributed by atoms with Crippen molar-refractivity contribution >= 4 is 12.0 Å². The third-order valence-corrected chi connectivity index (χ3v) is 3.62. The molecule has 3 rings (SSSR count). The lowest BCUT2D eigenvalue weighted by molar-refractivity contribution is 0.285. The summed E-state index contributed by atoms with van der Waals surface area (Å²) in [4.78, 5) is 6.87. The van der Waals surface area contributed by atoms with Gasteiger partial charge in [-0.05, 0) is 43.5 Å². The number of aliphatic imine (C=N–C) groups is 1. The molecule has 0 saturated carbocycles. The van der Waals surface area contributed by atoms with E-state index in [4.69, 9.17) is 0 Å². The Morgan fingerprint density at radius 1 is 1.35 bits per heavy atom. The Hall–Kier alpha value is -1.35. The van der Waals surface area contributed by atoms with Crippen LogP contribution in [0.3, 0.4) is 0 Å². The van der Waals surface area contributed by atoms with Gasteiger partial charge in [0.2, 0.25) is 0 Å². The lowest BCUT2D eigenvalue weighted by Gasteiger charge is -2.30. The average molecular weight is 229 g/mol. The van der Waals surface area contributed by atoms with Crippen molar-refractivity contribution in [1.29, 1.82) is 0 Å². The molecule has 1 N–H and O–H groups in total.